The van der Waals surface area contributed by atoms with Crippen molar-refractivity contribution in [1.82, 2.24) is 20.5 Å². The minimum Gasteiger partial charge on any atom is -0.455 e. The van der Waals surface area contributed by atoms with E-state index in [1.807, 2.05) is 30.3 Å². The number of amides is 3. The van der Waals surface area contributed by atoms with Crippen LogP contribution in [0.1, 0.15) is 42.6 Å². The van der Waals surface area contributed by atoms with Gasteiger partial charge in [0.15, 0.2) is 11.5 Å². The van der Waals surface area contributed by atoms with E-state index in [-0.39, 0.29) is 35.8 Å². The molecule has 3 aliphatic rings. The molecule has 3 heterocycles. The minimum atomic E-state index is -1.02. The van der Waals surface area contributed by atoms with Gasteiger partial charge in [-0.15, -0.1) is 0 Å². The number of halogens is 1. The monoisotopic (exact) mass is 592 g/mol. The number of H-pyrrole nitrogens is 1. The lowest BCUT2D eigenvalue weighted by molar-refractivity contribution is -0.133. The number of hydrogen-bond donors (Lipinski definition) is 4. The second-order valence-electron chi connectivity index (χ2n) is 11.4. The summed E-state index contributed by atoms with van der Waals surface area (Å²) in [5.74, 6) is -0.661. The SMILES string of the molecule is O=C1NCCC1CC(NC(=O)C1C2CCCC2CN1C(=O)c1cc2c(Cl)ccc(Oc3ccccc3)c2[nH]1)C(=O)CO. The fourth-order valence-corrected chi connectivity index (χ4v) is 6.98. The van der Waals surface area contributed by atoms with E-state index in [2.05, 4.69) is 15.6 Å². The number of aromatic nitrogens is 1. The third kappa shape index (κ3) is 5.36. The van der Waals surface area contributed by atoms with Gasteiger partial charge in [0, 0.05) is 24.4 Å². The lowest BCUT2D eigenvalue weighted by Gasteiger charge is -2.29. The molecule has 1 aromatic heterocycles. The van der Waals surface area contributed by atoms with E-state index in [1.54, 1.807) is 23.1 Å². The predicted molar refractivity (Wildman–Crippen MR) is 155 cm³/mol. The molecule has 1 aliphatic carbocycles. The van der Waals surface area contributed by atoms with Gasteiger partial charge in [0.05, 0.1) is 16.6 Å². The number of aliphatic hydroxyl groups is 1. The Balaban J connectivity index is 1.27. The van der Waals surface area contributed by atoms with Crippen LogP contribution in [0, 0.1) is 17.8 Å². The van der Waals surface area contributed by atoms with E-state index in [0.717, 1.165) is 19.3 Å². The summed E-state index contributed by atoms with van der Waals surface area (Å²) in [6, 6.07) is 12.6. The first kappa shape index (κ1) is 28.2. The molecule has 11 heteroatoms. The number of likely N-dealkylation sites (tertiary alicyclic amines) is 1. The van der Waals surface area contributed by atoms with E-state index in [4.69, 9.17) is 16.3 Å². The van der Waals surface area contributed by atoms with Gasteiger partial charge in [0.25, 0.3) is 5.91 Å². The number of Topliss-reactive ketones (excluding diaryl/α,β-unsaturated/α-hetero) is 1. The Labute approximate surface area is 247 Å². The molecular weight excluding hydrogens is 560 g/mol. The van der Waals surface area contributed by atoms with Crippen molar-refractivity contribution in [3.8, 4) is 11.5 Å². The third-order valence-electron chi connectivity index (χ3n) is 8.87. The molecule has 2 aromatic carbocycles. The van der Waals surface area contributed by atoms with E-state index >= 15 is 0 Å². The highest BCUT2D eigenvalue weighted by Crippen LogP contribution is 2.43. The number of aromatic amines is 1. The molecule has 3 amide bonds. The molecule has 5 atom stereocenters. The van der Waals surface area contributed by atoms with Crippen LogP contribution >= 0.6 is 11.6 Å². The lowest BCUT2D eigenvalue weighted by atomic mass is 9.92. The van der Waals surface area contributed by atoms with Crippen LogP contribution in [0.25, 0.3) is 10.9 Å². The Morgan fingerprint density at radius 1 is 1.12 bits per heavy atom. The Morgan fingerprint density at radius 3 is 2.67 bits per heavy atom. The second kappa shape index (κ2) is 11.8. The summed E-state index contributed by atoms with van der Waals surface area (Å²) >= 11 is 6.50. The first-order valence-corrected chi connectivity index (χ1v) is 14.8. The lowest BCUT2D eigenvalue weighted by Crippen LogP contribution is -2.53. The normalized spacial score (nSPS) is 24.0. The van der Waals surface area contributed by atoms with Gasteiger partial charge in [-0.2, -0.15) is 0 Å². The minimum absolute atomic E-state index is 0.0430. The summed E-state index contributed by atoms with van der Waals surface area (Å²) in [5, 5.41) is 16.2. The van der Waals surface area contributed by atoms with Crippen molar-refractivity contribution in [3.63, 3.8) is 0 Å². The fourth-order valence-electron chi connectivity index (χ4n) is 6.77. The number of carbonyl (C=O) groups is 4. The number of benzene rings is 2. The quantitative estimate of drug-likeness (QED) is 0.300. The molecule has 42 heavy (non-hydrogen) atoms. The van der Waals surface area contributed by atoms with Crippen LogP contribution in [0.3, 0.4) is 0 Å². The van der Waals surface area contributed by atoms with Crippen molar-refractivity contribution in [1.29, 1.82) is 0 Å². The molecule has 5 unspecified atom stereocenters. The molecule has 2 saturated heterocycles. The number of ether oxygens (including phenoxy) is 1. The maximum atomic E-state index is 14.0. The van der Waals surface area contributed by atoms with Crippen molar-refractivity contribution in [2.45, 2.75) is 44.2 Å². The van der Waals surface area contributed by atoms with Crippen LogP contribution < -0.4 is 15.4 Å². The average molecular weight is 593 g/mol. The maximum absolute atomic E-state index is 14.0. The van der Waals surface area contributed by atoms with Gasteiger partial charge in [0.2, 0.25) is 11.8 Å². The van der Waals surface area contributed by atoms with Gasteiger partial charge in [-0.1, -0.05) is 36.2 Å². The Kier molecular flexibility index (Phi) is 7.92. The molecule has 3 aromatic rings. The Hall–Kier alpha value is -3.89. The first-order valence-electron chi connectivity index (χ1n) is 14.4. The number of nitrogens with zero attached hydrogens (tertiary/aromatic N) is 1. The summed E-state index contributed by atoms with van der Waals surface area (Å²) in [6.45, 7) is 0.183. The van der Waals surface area contributed by atoms with Gasteiger partial charge in [-0.25, -0.2) is 0 Å². The summed E-state index contributed by atoms with van der Waals surface area (Å²) in [6.07, 6.45) is 3.33. The standard InChI is InChI=1S/C31H33ClN4O6/c32-22-9-10-26(42-19-6-2-1-3-7-19)27-21(22)14-24(34-27)31(41)36-15-18-5-4-8-20(18)28(36)30(40)35-23(25(38)16-37)13-17-11-12-33-29(17)39/h1-3,6-7,9-10,14,17-18,20,23,28,34,37H,4-5,8,11-13,15-16H2,(H,33,39)(H,35,40). The highest BCUT2D eigenvalue weighted by molar-refractivity contribution is 6.35. The van der Waals surface area contributed by atoms with Crippen LogP contribution in [-0.2, 0) is 14.4 Å². The van der Waals surface area contributed by atoms with Gasteiger partial charge < -0.3 is 30.4 Å². The van der Waals surface area contributed by atoms with Gasteiger partial charge in [-0.3, -0.25) is 19.2 Å². The van der Waals surface area contributed by atoms with Crippen LogP contribution in [0.5, 0.6) is 11.5 Å². The summed E-state index contributed by atoms with van der Waals surface area (Å²) in [7, 11) is 0. The molecule has 0 bridgehead atoms. The molecule has 0 radical (unpaired) electrons. The van der Waals surface area contributed by atoms with Crippen molar-refractivity contribution < 1.29 is 29.0 Å². The zero-order chi connectivity index (χ0) is 29.4. The number of carbonyl (C=O) groups excluding carboxylic acids is 4. The van der Waals surface area contributed by atoms with E-state index in [0.29, 0.717) is 46.9 Å². The number of ketones is 1. The molecule has 4 N–H and O–H groups in total. The zero-order valence-electron chi connectivity index (χ0n) is 23.0. The summed E-state index contributed by atoms with van der Waals surface area (Å²) in [5.41, 5.74) is 0.845. The topological polar surface area (TPSA) is 141 Å². The van der Waals surface area contributed by atoms with Crippen LogP contribution in [0.15, 0.2) is 48.5 Å². The number of rotatable bonds is 9. The predicted octanol–water partition coefficient (Wildman–Crippen LogP) is 3.43. The highest BCUT2D eigenvalue weighted by Gasteiger charge is 2.50. The molecule has 0 spiro atoms. The second-order valence-corrected chi connectivity index (χ2v) is 11.8. The average Bonchev–Trinajstić information content (AvgIpc) is 3.78. The Morgan fingerprint density at radius 2 is 1.93 bits per heavy atom. The number of hydrogen-bond acceptors (Lipinski definition) is 6. The molecule has 3 fully saturated rings. The molecule has 2 aliphatic heterocycles. The Bertz CT molecular complexity index is 1520. The molecule has 10 nitrogen and oxygen atoms in total. The molecular formula is C31H33ClN4O6. The van der Waals surface area contributed by atoms with Gasteiger partial charge in [-0.05, 0) is 67.9 Å². The van der Waals surface area contributed by atoms with E-state index < -0.39 is 36.3 Å². The van der Waals surface area contributed by atoms with Crippen LogP contribution in [0.2, 0.25) is 5.02 Å². The van der Waals surface area contributed by atoms with Gasteiger partial charge >= 0.3 is 0 Å². The van der Waals surface area contributed by atoms with Crippen molar-refractivity contribution in [2.24, 2.45) is 17.8 Å². The van der Waals surface area contributed by atoms with E-state index in [9.17, 15) is 24.3 Å². The summed E-state index contributed by atoms with van der Waals surface area (Å²) in [4.78, 5) is 57.4. The molecule has 220 valence electrons. The highest BCUT2D eigenvalue weighted by atomic mass is 35.5. The van der Waals surface area contributed by atoms with Crippen LogP contribution in [0.4, 0.5) is 0 Å². The number of nitrogens with one attached hydrogen (secondary N) is 3. The number of para-hydroxylation sites is 1. The smallest absolute Gasteiger partial charge is 0.271 e. The number of fused-ring (bicyclic) bond motifs is 2. The fraction of sp³-hybridized carbons (Fsp3) is 0.419. The maximum Gasteiger partial charge on any atom is 0.271 e. The van der Waals surface area contributed by atoms with E-state index in [1.165, 1.54) is 0 Å². The molecule has 1 saturated carbocycles. The third-order valence-corrected chi connectivity index (χ3v) is 9.20. The van der Waals surface area contributed by atoms with Crippen LogP contribution in [-0.4, -0.2) is 70.3 Å². The van der Waals surface area contributed by atoms with Crippen molar-refractivity contribution in [3.05, 3.63) is 59.2 Å². The van der Waals surface area contributed by atoms with Crippen molar-refractivity contribution in [2.75, 3.05) is 19.7 Å². The molecule has 6 rings (SSSR count). The van der Waals surface area contributed by atoms with Gasteiger partial charge in [0.1, 0.15) is 24.1 Å². The largest absolute Gasteiger partial charge is 0.455 e. The van der Waals surface area contributed by atoms with Crippen molar-refractivity contribution >= 4 is 46.0 Å². The number of aliphatic hydroxyl groups excluding tert-OH is 1. The summed E-state index contributed by atoms with van der Waals surface area (Å²) < 4.78 is 6.06. The zero-order valence-corrected chi connectivity index (χ0v) is 23.7. The first-order chi connectivity index (χ1) is 20.3.